The van der Waals surface area contributed by atoms with Crippen LogP contribution < -0.4 is 10.1 Å². The van der Waals surface area contributed by atoms with Crippen LogP contribution in [0.3, 0.4) is 0 Å². The van der Waals surface area contributed by atoms with Crippen LogP contribution in [0.25, 0.3) is 0 Å². The molecule has 0 aliphatic rings. The van der Waals surface area contributed by atoms with Gasteiger partial charge in [0.05, 0.1) is 19.6 Å². The maximum Gasteiger partial charge on any atom is 0.119 e. The molecule has 0 fully saturated rings. The number of nitrogens with one attached hydrogen (secondary N) is 1. The van der Waals surface area contributed by atoms with E-state index in [1.165, 1.54) is 10.5 Å². The molecule has 1 N–H and O–H groups in total. The Hall–Kier alpha value is -1.39. The predicted octanol–water partition coefficient (Wildman–Crippen LogP) is 3.17. The van der Waals surface area contributed by atoms with Gasteiger partial charge in [-0.1, -0.05) is 6.07 Å². The molecule has 0 unspecified atom stereocenters. The van der Waals surface area contributed by atoms with E-state index in [0.29, 0.717) is 0 Å². The molecule has 0 spiro atoms. The summed E-state index contributed by atoms with van der Waals surface area (Å²) in [7, 11) is 1.69. The van der Waals surface area contributed by atoms with Crippen molar-refractivity contribution in [2.75, 3.05) is 19.4 Å². The highest BCUT2D eigenvalue weighted by molar-refractivity contribution is 7.99. The van der Waals surface area contributed by atoms with E-state index in [-0.39, 0.29) is 0 Å². The van der Waals surface area contributed by atoms with E-state index in [4.69, 9.17) is 9.15 Å². The highest BCUT2D eigenvalue weighted by Gasteiger charge is 1.97. The Kier molecular flexibility index (Phi) is 5.17. The summed E-state index contributed by atoms with van der Waals surface area (Å²) in [5.41, 5.74) is 1.18. The third-order valence-corrected chi connectivity index (χ3v) is 3.49. The lowest BCUT2D eigenvalue weighted by Crippen LogP contribution is -2.15. The number of hydrogen-bond acceptors (Lipinski definition) is 4. The zero-order valence-corrected chi connectivity index (χ0v) is 11.2. The second-order valence-electron chi connectivity index (χ2n) is 3.84. The van der Waals surface area contributed by atoms with Crippen LogP contribution in [0.2, 0.25) is 0 Å². The Bertz CT molecular complexity index is 457. The molecule has 0 bridgehead atoms. The number of benzene rings is 1. The topological polar surface area (TPSA) is 34.4 Å². The van der Waals surface area contributed by atoms with Gasteiger partial charge in [-0.05, 0) is 24.3 Å². The van der Waals surface area contributed by atoms with E-state index in [1.54, 1.807) is 19.6 Å². The normalized spacial score (nSPS) is 10.5. The second kappa shape index (κ2) is 7.13. The highest BCUT2D eigenvalue weighted by Crippen LogP contribution is 2.22. The molecule has 1 heterocycles. The maximum absolute atomic E-state index is 5.19. The fourth-order valence-corrected chi connectivity index (χ4v) is 2.41. The van der Waals surface area contributed by atoms with Crippen molar-refractivity contribution in [2.24, 2.45) is 0 Å². The Balaban J connectivity index is 1.65. The maximum atomic E-state index is 5.19. The monoisotopic (exact) mass is 263 g/mol. The van der Waals surface area contributed by atoms with Crippen LogP contribution in [0, 0.1) is 0 Å². The molecule has 0 amide bonds. The highest BCUT2D eigenvalue weighted by atomic mass is 32.2. The van der Waals surface area contributed by atoms with Gasteiger partial charge in [-0.15, -0.1) is 11.8 Å². The van der Waals surface area contributed by atoms with E-state index in [2.05, 4.69) is 17.4 Å². The lowest BCUT2D eigenvalue weighted by atomic mass is 10.3. The number of methoxy groups -OCH3 is 1. The van der Waals surface area contributed by atoms with Crippen LogP contribution in [-0.2, 0) is 6.54 Å². The number of rotatable bonds is 7. The third-order valence-electron chi connectivity index (χ3n) is 2.50. The van der Waals surface area contributed by atoms with Crippen LogP contribution in [0.5, 0.6) is 5.75 Å². The summed E-state index contributed by atoms with van der Waals surface area (Å²) in [6.45, 7) is 1.82. The molecule has 1 aromatic heterocycles. The van der Waals surface area contributed by atoms with Crippen LogP contribution >= 0.6 is 11.8 Å². The molecule has 3 nitrogen and oxygen atoms in total. The number of hydrogen-bond donors (Lipinski definition) is 1. The van der Waals surface area contributed by atoms with Crippen molar-refractivity contribution in [1.29, 1.82) is 0 Å². The number of thioether (sulfide) groups is 1. The minimum absolute atomic E-state index is 0.856. The summed E-state index contributed by atoms with van der Waals surface area (Å²) in [5.74, 6) is 1.94. The first-order valence-corrected chi connectivity index (χ1v) is 6.85. The minimum atomic E-state index is 0.856. The van der Waals surface area contributed by atoms with Gasteiger partial charge in [0, 0.05) is 29.3 Å². The van der Waals surface area contributed by atoms with Crippen molar-refractivity contribution >= 4 is 11.8 Å². The molecule has 1 aromatic carbocycles. The lowest BCUT2D eigenvalue weighted by molar-refractivity contribution is 0.413. The molecule has 18 heavy (non-hydrogen) atoms. The fourth-order valence-electron chi connectivity index (χ4n) is 1.56. The molecule has 0 aliphatic heterocycles. The summed E-state index contributed by atoms with van der Waals surface area (Å²) in [4.78, 5) is 1.24. The van der Waals surface area contributed by atoms with Crippen molar-refractivity contribution in [2.45, 2.75) is 11.4 Å². The van der Waals surface area contributed by atoms with Gasteiger partial charge in [-0.3, -0.25) is 0 Å². The van der Waals surface area contributed by atoms with Crippen LogP contribution in [0.4, 0.5) is 0 Å². The van der Waals surface area contributed by atoms with Crippen LogP contribution in [-0.4, -0.2) is 19.4 Å². The number of furan rings is 1. The first-order chi connectivity index (χ1) is 8.88. The predicted molar refractivity (Wildman–Crippen MR) is 74.1 cm³/mol. The van der Waals surface area contributed by atoms with Crippen LogP contribution in [0.15, 0.2) is 52.2 Å². The van der Waals surface area contributed by atoms with Crippen LogP contribution in [0.1, 0.15) is 5.56 Å². The van der Waals surface area contributed by atoms with Gasteiger partial charge >= 0.3 is 0 Å². The van der Waals surface area contributed by atoms with Gasteiger partial charge < -0.3 is 14.5 Å². The second-order valence-corrected chi connectivity index (χ2v) is 5.00. The zero-order valence-electron chi connectivity index (χ0n) is 10.4. The van der Waals surface area contributed by atoms with Crippen molar-refractivity contribution in [3.63, 3.8) is 0 Å². The fraction of sp³-hybridized carbons (Fsp3) is 0.286. The smallest absolute Gasteiger partial charge is 0.119 e. The SMILES string of the molecule is COc1cccc(SCCNCc2ccoc2)c1. The summed E-state index contributed by atoms with van der Waals surface area (Å²) < 4.78 is 10.2. The largest absolute Gasteiger partial charge is 0.497 e. The van der Waals surface area contributed by atoms with E-state index in [9.17, 15) is 0 Å². The molecule has 4 heteroatoms. The Morgan fingerprint density at radius 2 is 2.28 bits per heavy atom. The first kappa shape index (κ1) is 13.1. The van der Waals surface area contributed by atoms with E-state index >= 15 is 0 Å². The quantitative estimate of drug-likeness (QED) is 0.614. The summed E-state index contributed by atoms with van der Waals surface area (Å²) >= 11 is 1.82. The Morgan fingerprint density at radius 1 is 1.33 bits per heavy atom. The van der Waals surface area contributed by atoms with Gasteiger partial charge in [0.1, 0.15) is 5.75 Å². The van der Waals surface area contributed by atoms with Crippen molar-refractivity contribution in [3.05, 3.63) is 48.4 Å². The van der Waals surface area contributed by atoms with Gasteiger partial charge in [-0.2, -0.15) is 0 Å². The van der Waals surface area contributed by atoms with Crippen molar-refractivity contribution < 1.29 is 9.15 Å². The number of ether oxygens (including phenoxy) is 1. The molecule has 0 aliphatic carbocycles. The van der Waals surface area contributed by atoms with Gasteiger partial charge in [0.2, 0.25) is 0 Å². The molecule has 0 atom stereocenters. The summed E-state index contributed by atoms with van der Waals surface area (Å²) in [6.07, 6.45) is 3.46. The molecular formula is C14H17NO2S. The summed E-state index contributed by atoms with van der Waals surface area (Å²) in [5, 5.41) is 3.37. The molecule has 0 saturated carbocycles. The standard InChI is InChI=1S/C14H17NO2S/c1-16-13-3-2-4-14(9-13)18-8-6-15-10-12-5-7-17-11-12/h2-5,7,9,11,15H,6,8,10H2,1H3. The lowest BCUT2D eigenvalue weighted by Gasteiger charge is -2.05. The molecular weight excluding hydrogens is 246 g/mol. The molecule has 96 valence electrons. The van der Waals surface area contributed by atoms with E-state index in [1.807, 2.05) is 30.0 Å². The summed E-state index contributed by atoms with van der Waals surface area (Å²) in [6, 6.07) is 10.1. The van der Waals surface area contributed by atoms with Crippen molar-refractivity contribution in [3.8, 4) is 5.75 Å². The van der Waals surface area contributed by atoms with E-state index in [0.717, 1.165) is 24.6 Å². The first-order valence-electron chi connectivity index (χ1n) is 5.87. The molecule has 2 rings (SSSR count). The molecule has 2 aromatic rings. The Morgan fingerprint density at radius 3 is 3.06 bits per heavy atom. The molecule has 0 saturated heterocycles. The third kappa shape index (κ3) is 4.13. The average Bonchev–Trinajstić information content (AvgIpc) is 2.92. The van der Waals surface area contributed by atoms with Gasteiger partial charge in [-0.25, -0.2) is 0 Å². The molecule has 0 radical (unpaired) electrons. The van der Waals surface area contributed by atoms with Gasteiger partial charge in [0.25, 0.3) is 0 Å². The van der Waals surface area contributed by atoms with Crippen molar-refractivity contribution in [1.82, 2.24) is 5.32 Å². The average molecular weight is 263 g/mol. The Labute approximate surface area is 112 Å². The van der Waals surface area contributed by atoms with Gasteiger partial charge in [0.15, 0.2) is 0 Å². The zero-order chi connectivity index (χ0) is 12.6. The minimum Gasteiger partial charge on any atom is -0.497 e. The van der Waals surface area contributed by atoms with E-state index < -0.39 is 0 Å².